The van der Waals surface area contributed by atoms with Crippen LogP contribution in [0.5, 0.6) is 5.88 Å². The summed E-state index contributed by atoms with van der Waals surface area (Å²) in [5.74, 6) is 0.736. The summed E-state index contributed by atoms with van der Waals surface area (Å²) < 4.78 is 5.84. The van der Waals surface area contributed by atoms with Gasteiger partial charge in [0.2, 0.25) is 5.88 Å². The van der Waals surface area contributed by atoms with E-state index in [0.29, 0.717) is 0 Å². The molecule has 0 unspecified atom stereocenters. The van der Waals surface area contributed by atoms with Gasteiger partial charge < -0.3 is 4.74 Å². The van der Waals surface area contributed by atoms with E-state index in [1.165, 1.54) is 0 Å². The number of aromatic nitrogens is 2. The molecule has 1 aromatic carbocycles. The van der Waals surface area contributed by atoms with Crippen LogP contribution in [0.4, 0.5) is 0 Å². The third kappa shape index (κ3) is 2.28. The minimum Gasteiger partial charge on any atom is -0.477 e. The molecule has 0 amide bonds. The molecular weight excluding hydrogens is 256 g/mol. The first-order valence-corrected chi connectivity index (χ1v) is 7.40. The fraction of sp³-hybridized carbons (Fsp3) is 0.333. The number of fused-ring (bicyclic) bond motifs is 3. The Morgan fingerprint density at radius 2 is 1.95 bits per heavy atom. The van der Waals surface area contributed by atoms with Gasteiger partial charge in [0.25, 0.3) is 0 Å². The smallest absolute Gasteiger partial charge is 0.222 e. The van der Waals surface area contributed by atoms with E-state index in [4.69, 9.17) is 4.74 Å². The fourth-order valence-corrected chi connectivity index (χ4v) is 2.92. The first-order chi connectivity index (χ1) is 9.29. The van der Waals surface area contributed by atoms with Crippen molar-refractivity contribution in [2.45, 2.75) is 26.7 Å². The van der Waals surface area contributed by atoms with E-state index < -0.39 is 0 Å². The van der Waals surface area contributed by atoms with Gasteiger partial charge in [-0.15, -0.1) is 0 Å². The molecular formula is C15H16N2OS. The zero-order valence-corrected chi connectivity index (χ0v) is 12.0. The Morgan fingerprint density at radius 1 is 1.16 bits per heavy atom. The summed E-state index contributed by atoms with van der Waals surface area (Å²) >= 11 is 1.62. The van der Waals surface area contributed by atoms with Crippen molar-refractivity contribution >= 4 is 32.5 Å². The summed E-state index contributed by atoms with van der Waals surface area (Å²) in [5.41, 5.74) is 0.987. The highest BCUT2D eigenvalue weighted by Crippen LogP contribution is 2.32. The van der Waals surface area contributed by atoms with Crippen LogP contribution >= 0.6 is 11.3 Å². The number of pyridine rings is 1. The Balaban J connectivity index is 2.17. The zero-order chi connectivity index (χ0) is 13.2. The topological polar surface area (TPSA) is 35.0 Å². The number of ether oxygens (including phenoxy) is 1. The standard InChI is InChI=1S/C15H16N2OS/c1-3-4-9-18-14-12-8-6-5-7-11(12)13-15(17-14)19-10(2)16-13/h5-8H,3-4,9H2,1-2H3. The summed E-state index contributed by atoms with van der Waals surface area (Å²) in [7, 11) is 0. The Labute approximate surface area is 116 Å². The lowest BCUT2D eigenvalue weighted by molar-refractivity contribution is 0.303. The third-order valence-corrected chi connectivity index (χ3v) is 3.93. The van der Waals surface area contributed by atoms with Crippen LogP contribution in [0.1, 0.15) is 24.8 Å². The summed E-state index contributed by atoms with van der Waals surface area (Å²) in [4.78, 5) is 10.2. The molecule has 4 heteroatoms. The van der Waals surface area contributed by atoms with Gasteiger partial charge in [0.05, 0.1) is 11.6 Å². The number of aryl methyl sites for hydroxylation is 1. The average Bonchev–Trinajstić information content (AvgIpc) is 2.80. The van der Waals surface area contributed by atoms with E-state index in [0.717, 1.165) is 51.5 Å². The van der Waals surface area contributed by atoms with Gasteiger partial charge in [-0.3, -0.25) is 0 Å². The number of hydrogen-bond donors (Lipinski definition) is 0. The SMILES string of the molecule is CCCCOc1nc2sc(C)nc2c2ccccc12. The lowest BCUT2D eigenvalue weighted by atomic mass is 10.1. The minimum atomic E-state index is 0.719. The van der Waals surface area contributed by atoms with E-state index in [2.05, 4.69) is 29.0 Å². The third-order valence-electron chi connectivity index (χ3n) is 3.07. The molecule has 3 aromatic rings. The quantitative estimate of drug-likeness (QED) is 0.663. The summed E-state index contributed by atoms with van der Waals surface area (Å²) in [5, 5.41) is 3.22. The summed E-state index contributed by atoms with van der Waals surface area (Å²) in [6.45, 7) is 4.89. The zero-order valence-electron chi connectivity index (χ0n) is 11.1. The summed E-state index contributed by atoms with van der Waals surface area (Å²) in [6, 6.07) is 8.19. The molecule has 0 saturated carbocycles. The number of hydrogen-bond acceptors (Lipinski definition) is 4. The lowest BCUT2D eigenvalue weighted by Crippen LogP contribution is -1.99. The highest BCUT2D eigenvalue weighted by molar-refractivity contribution is 7.18. The number of nitrogens with zero attached hydrogens (tertiary/aromatic N) is 2. The van der Waals surface area contributed by atoms with Crippen molar-refractivity contribution in [1.82, 2.24) is 9.97 Å². The largest absolute Gasteiger partial charge is 0.477 e. The van der Waals surface area contributed by atoms with Crippen LogP contribution in [-0.2, 0) is 0 Å². The van der Waals surface area contributed by atoms with Gasteiger partial charge in [-0.1, -0.05) is 42.9 Å². The van der Waals surface area contributed by atoms with Crippen LogP contribution < -0.4 is 4.74 Å². The molecule has 2 heterocycles. The molecule has 0 aliphatic rings. The molecule has 0 atom stereocenters. The molecule has 3 rings (SSSR count). The van der Waals surface area contributed by atoms with Crippen LogP contribution in [0.25, 0.3) is 21.1 Å². The molecule has 0 radical (unpaired) electrons. The highest BCUT2D eigenvalue weighted by Gasteiger charge is 2.12. The molecule has 98 valence electrons. The molecule has 0 bridgehead atoms. The van der Waals surface area contributed by atoms with Gasteiger partial charge in [0.15, 0.2) is 0 Å². The maximum Gasteiger partial charge on any atom is 0.222 e. The van der Waals surface area contributed by atoms with Gasteiger partial charge in [-0.25, -0.2) is 9.97 Å². The predicted molar refractivity (Wildman–Crippen MR) is 80.1 cm³/mol. The monoisotopic (exact) mass is 272 g/mol. The first kappa shape index (κ1) is 12.4. The second kappa shape index (κ2) is 5.13. The Bertz CT molecular complexity index is 721. The van der Waals surface area contributed by atoms with Crippen LogP contribution in [0, 0.1) is 6.92 Å². The highest BCUT2D eigenvalue weighted by atomic mass is 32.1. The number of rotatable bonds is 4. The minimum absolute atomic E-state index is 0.719. The van der Waals surface area contributed by atoms with E-state index in [-0.39, 0.29) is 0 Å². The van der Waals surface area contributed by atoms with Crippen LogP contribution in [0.15, 0.2) is 24.3 Å². The van der Waals surface area contributed by atoms with Crippen molar-refractivity contribution in [3.05, 3.63) is 29.3 Å². The van der Waals surface area contributed by atoms with Gasteiger partial charge in [-0.05, 0) is 19.4 Å². The second-order valence-corrected chi connectivity index (χ2v) is 5.73. The van der Waals surface area contributed by atoms with E-state index in [1.54, 1.807) is 11.3 Å². The molecule has 3 nitrogen and oxygen atoms in total. The second-order valence-electron chi connectivity index (χ2n) is 4.55. The van der Waals surface area contributed by atoms with Crippen LogP contribution in [0.3, 0.4) is 0 Å². The van der Waals surface area contributed by atoms with Gasteiger partial charge in [-0.2, -0.15) is 0 Å². The Kier molecular flexibility index (Phi) is 3.34. The predicted octanol–water partition coefficient (Wildman–Crippen LogP) is 4.33. The Morgan fingerprint density at radius 3 is 2.74 bits per heavy atom. The Hall–Kier alpha value is -1.68. The van der Waals surface area contributed by atoms with Crippen molar-refractivity contribution in [3.63, 3.8) is 0 Å². The van der Waals surface area contributed by atoms with Crippen molar-refractivity contribution in [2.75, 3.05) is 6.61 Å². The molecule has 0 N–H and O–H groups in total. The molecule has 0 spiro atoms. The van der Waals surface area contributed by atoms with Gasteiger partial charge in [0, 0.05) is 10.8 Å². The van der Waals surface area contributed by atoms with Crippen LogP contribution in [-0.4, -0.2) is 16.6 Å². The van der Waals surface area contributed by atoms with E-state index in [1.807, 2.05) is 19.1 Å². The molecule has 2 aromatic heterocycles. The average molecular weight is 272 g/mol. The van der Waals surface area contributed by atoms with Crippen molar-refractivity contribution in [2.24, 2.45) is 0 Å². The number of thiazole rings is 1. The van der Waals surface area contributed by atoms with Gasteiger partial charge >= 0.3 is 0 Å². The maximum atomic E-state index is 5.84. The number of unbranched alkanes of at least 4 members (excludes halogenated alkanes) is 1. The molecule has 0 fully saturated rings. The summed E-state index contributed by atoms with van der Waals surface area (Å²) in [6.07, 6.45) is 2.18. The van der Waals surface area contributed by atoms with E-state index >= 15 is 0 Å². The van der Waals surface area contributed by atoms with Crippen molar-refractivity contribution in [1.29, 1.82) is 0 Å². The molecule has 19 heavy (non-hydrogen) atoms. The lowest BCUT2D eigenvalue weighted by Gasteiger charge is -2.08. The molecule has 0 aliphatic heterocycles. The maximum absolute atomic E-state index is 5.84. The molecule has 0 saturated heterocycles. The van der Waals surface area contributed by atoms with Gasteiger partial charge in [0.1, 0.15) is 10.3 Å². The van der Waals surface area contributed by atoms with E-state index in [9.17, 15) is 0 Å². The first-order valence-electron chi connectivity index (χ1n) is 6.58. The van der Waals surface area contributed by atoms with Crippen molar-refractivity contribution in [3.8, 4) is 5.88 Å². The normalized spacial score (nSPS) is 11.3. The van der Waals surface area contributed by atoms with Crippen LogP contribution in [0.2, 0.25) is 0 Å². The molecule has 0 aliphatic carbocycles. The fourth-order valence-electron chi connectivity index (χ4n) is 2.12. The van der Waals surface area contributed by atoms with Crippen molar-refractivity contribution < 1.29 is 4.74 Å². The number of benzene rings is 1.